The van der Waals surface area contributed by atoms with Crippen LogP contribution in [-0.2, 0) is 16.1 Å². The standard InChI is InChI=1S/C25H19NO2/c1-2-23(27)28-16-15-26-21-13-11-17-7-3-5-9-19(17)24(21)25-20-10-6-4-8-18(20)12-14-22(25)26/h2-14H,1,15-16H2. The van der Waals surface area contributed by atoms with E-state index in [1.807, 2.05) is 0 Å². The minimum Gasteiger partial charge on any atom is -0.461 e. The second-order valence-corrected chi connectivity index (χ2v) is 6.88. The highest BCUT2D eigenvalue weighted by Gasteiger charge is 2.15. The Hall–Kier alpha value is -3.59. The van der Waals surface area contributed by atoms with Gasteiger partial charge in [-0.15, -0.1) is 0 Å². The molecule has 0 saturated carbocycles. The SMILES string of the molecule is C=CC(=O)OCCn1c2ccc3ccccc3c2c2c3ccccc3ccc21. The van der Waals surface area contributed by atoms with Crippen molar-refractivity contribution in [2.45, 2.75) is 6.54 Å². The van der Waals surface area contributed by atoms with Crippen LogP contribution in [0.1, 0.15) is 0 Å². The molecule has 0 spiro atoms. The predicted octanol–water partition coefficient (Wildman–Crippen LogP) is 5.83. The van der Waals surface area contributed by atoms with Crippen LogP contribution in [0.4, 0.5) is 0 Å². The average molecular weight is 365 g/mol. The molecular formula is C25H19NO2. The number of carbonyl (C=O) groups is 1. The normalized spacial score (nSPS) is 11.4. The lowest BCUT2D eigenvalue weighted by molar-refractivity contribution is -0.137. The molecule has 0 fully saturated rings. The van der Waals surface area contributed by atoms with E-state index in [4.69, 9.17) is 4.74 Å². The molecule has 0 amide bonds. The third-order valence-corrected chi connectivity index (χ3v) is 5.37. The van der Waals surface area contributed by atoms with Crippen molar-refractivity contribution in [1.82, 2.24) is 4.57 Å². The van der Waals surface area contributed by atoms with Crippen LogP contribution >= 0.6 is 0 Å². The van der Waals surface area contributed by atoms with Crippen molar-refractivity contribution in [3.8, 4) is 0 Å². The van der Waals surface area contributed by atoms with Gasteiger partial charge in [0.05, 0.1) is 6.54 Å². The summed E-state index contributed by atoms with van der Waals surface area (Å²) >= 11 is 0. The fourth-order valence-corrected chi connectivity index (χ4v) is 4.16. The minimum atomic E-state index is -0.392. The van der Waals surface area contributed by atoms with Gasteiger partial charge in [0.25, 0.3) is 0 Å². The number of hydrogen-bond donors (Lipinski definition) is 0. The maximum atomic E-state index is 11.5. The van der Waals surface area contributed by atoms with Crippen LogP contribution in [0.25, 0.3) is 43.4 Å². The molecule has 5 aromatic rings. The zero-order valence-electron chi connectivity index (χ0n) is 15.4. The Bertz CT molecular complexity index is 1280. The molecule has 0 radical (unpaired) electrons. The number of nitrogens with zero attached hydrogens (tertiary/aromatic N) is 1. The summed E-state index contributed by atoms with van der Waals surface area (Å²) in [5, 5.41) is 7.42. The van der Waals surface area contributed by atoms with Gasteiger partial charge in [-0.3, -0.25) is 0 Å². The van der Waals surface area contributed by atoms with Gasteiger partial charge in [-0.05, 0) is 33.7 Å². The summed E-state index contributed by atoms with van der Waals surface area (Å²) in [5.41, 5.74) is 2.31. The van der Waals surface area contributed by atoms with E-state index in [2.05, 4.69) is 83.9 Å². The Morgan fingerprint density at radius 2 is 1.36 bits per heavy atom. The third kappa shape index (κ3) is 2.48. The summed E-state index contributed by atoms with van der Waals surface area (Å²) in [7, 11) is 0. The lowest BCUT2D eigenvalue weighted by Crippen LogP contribution is -2.09. The molecule has 0 bridgehead atoms. The van der Waals surface area contributed by atoms with E-state index in [1.165, 1.54) is 38.4 Å². The minimum absolute atomic E-state index is 0.309. The van der Waals surface area contributed by atoms with Crippen molar-refractivity contribution in [2.24, 2.45) is 0 Å². The van der Waals surface area contributed by atoms with E-state index in [0.29, 0.717) is 13.2 Å². The predicted molar refractivity (Wildman–Crippen MR) is 116 cm³/mol. The molecule has 5 rings (SSSR count). The van der Waals surface area contributed by atoms with Crippen LogP contribution < -0.4 is 0 Å². The Morgan fingerprint density at radius 3 is 1.89 bits per heavy atom. The van der Waals surface area contributed by atoms with Gasteiger partial charge in [-0.2, -0.15) is 0 Å². The second-order valence-electron chi connectivity index (χ2n) is 6.88. The highest BCUT2D eigenvalue weighted by Crippen LogP contribution is 2.38. The topological polar surface area (TPSA) is 31.2 Å². The van der Waals surface area contributed by atoms with E-state index < -0.39 is 5.97 Å². The highest BCUT2D eigenvalue weighted by molar-refractivity contribution is 6.27. The number of hydrogen-bond acceptors (Lipinski definition) is 2. The van der Waals surface area contributed by atoms with Crippen LogP contribution in [0.15, 0.2) is 85.5 Å². The lowest BCUT2D eigenvalue weighted by Gasteiger charge is -2.08. The zero-order valence-corrected chi connectivity index (χ0v) is 15.4. The summed E-state index contributed by atoms with van der Waals surface area (Å²) in [4.78, 5) is 11.5. The monoisotopic (exact) mass is 365 g/mol. The molecule has 3 heteroatoms. The van der Waals surface area contributed by atoms with Crippen molar-refractivity contribution >= 4 is 49.3 Å². The Kier molecular flexibility index (Phi) is 3.87. The van der Waals surface area contributed by atoms with Gasteiger partial charge in [-0.25, -0.2) is 4.79 Å². The molecule has 0 unspecified atom stereocenters. The number of benzene rings is 4. The first kappa shape index (κ1) is 16.6. The largest absolute Gasteiger partial charge is 0.461 e. The molecule has 0 saturated heterocycles. The van der Waals surface area contributed by atoms with Crippen LogP contribution in [-0.4, -0.2) is 17.1 Å². The summed E-state index contributed by atoms with van der Waals surface area (Å²) < 4.78 is 7.51. The molecule has 1 heterocycles. The molecular weight excluding hydrogens is 346 g/mol. The first-order valence-corrected chi connectivity index (χ1v) is 9.38. The van der Waals surface area contributed by atoms with Gasteiger partial charge in [0, 0.05) is 27.9 Å². The van der Waals surface area contributed by atoms with E-state index in [0.717, 1.165) is 11.0 Å². The van der Waals surface area contributed by atoms with Crippen LogP contribution in [0.5, 0.6) is 0 Å². The summed E-state index contributed by atoms with van der Waals surface area (Å²) in [6, 6.07) is 25.6. The van der Waals surface area contributed by atoms with Gasteiger partial charge in [0.1, 0.15) is 6.61 Å². The van der Waals surface area contributed by atoms with Crippen LogP contribution in [0, 0.1) is 0 Å². The molecule has 0 atom stereocenters. The third-order valence-electron chi connectivity index (χ3n) is 5.37. The van der Waals surface area contributed by atoms with Gasteiger partial charge in [0.15, 0.2) is 0 Å². The molecule has 0 aliphatic rings. The molecule has 0 aliphatic carbocycles. The number of rotatable bonds is 4. The number of aromatic nitrogens is 1. The maximum absolute atomic E-state index is 11.5. The fraction of sp³-hybridized carbons (Fsp3) is 0.0800. The fourth-order valence-electron chi connectivity index (χ4n) is 4.16. The lowest BCUT2D eigenvalue weighted by atomic mass is 10.00. The summed E-state index contributed by atoms with van der Waals surface area (Å²) in [6.07, 6.45) is 1.20. The van der Waals surface area contributed by atoms with Gasteiger partial charge >= 0.3 is 5.97 Å². The zero-order chi connectivity index (χ0) is 19.1. The smallest absolute Gasteiger partial charge is 0.330 e. The van der Waals surface area contributed by atoms with Crippen molar-refractivity contribution in [1.29, 1.82) is 0 Å². The summed E-state index contributed by atoms with van der Waals surface area (Å²) in [6.45, 7) is 4.37. The molecule has 28 heavy (non-hydrogen) atoms. The van der Waals surface area contributed by atoms with E-state index >= 15 is 0 Å². The van der Waals surface area contributed by atoms with Crippen molar-refractivity contribution in [3.05, 3.63) is 85.5 Å². The molecule has 0 aliphatic heterocycles. The molecule has 136 valence electrons. The molecule has 4 aromatic carbocycles. The van der Waals surface area contributed by atoms with Crippen molar-refractivity contribution < 1.29 is 9.53 Å². The molecule has 1 aromatic heterocycles. The Labute approximate surface area is 162 Å². The van der Waals surface area contributed by atoms with Gasteiger partial charge < -0.3 is 9.30 Å². The first-order chi connectivity index (χ1) is 13.8. The second kappa shape index (κ2) is 6.54. The Morgan fingerprint density at radius 1 is 0.821 bits per heavy atom. The summed E-state index contributed by atoms with van der Waals surface area (Å²) in [5.74, 6) is -0.392. The number of fused-ring (bicyclic) bond motifs is 7. The van der Waals surface area contributed by atoms with Crippen molar-refractivity contribution in [3.63, 3.8) is 0 Å². The number of esters is 1. The van der Waals surface area contributed by atoms with E-state index in [9.17, 15) is 4.79 Å². The van der Waals surface area contributed by atoms with Crippen LogP contribution in [0.2, 0.25) is 0 Å². The van der Waals surface area contributed by atoms with Gasteiger partial charge in [0.2, 0.25) is 0 Å². The Balaban J connectivity index is 1.85. The van der Waals surface area contributed by atoms with E-state index in [1.54, 1.807) is 0 Å². The quantitative estimate of drug-likeness (QED) is 0.296. The number of ether oxygens (including phenoxy) is 1. The average Bonchev–Trinajstić information content (AvgIpc) is 3.08. The first-order valence-electron chi connectivity index (χ1n) is 9.38. The molecule has 0 N–H and O–H groups in total. The van der Waals surface area contributed by atoms with Gasteiger partial charge in [-0.1, -0.05) is 67.2 Å². The van der Waals surface area contributed by atoms with E-state index in [-0.39, 0.29) is 0 Å². The molecule has 3 nitrogen and oxygen atoms in total. The van der Waals surface area contributed by atoms with Crippen LogP contribution in [0.3, 0.4) is 0 Å². The number of carbonyl (C=O) groups excluding carboxylic acids is 1. The van der Waals surface area contributed by atoms with Crippen molar-refractivity contribution in [2.75, 3.05) is 6.61 Å². The highest BCUT2D eigenvalue weighted by atomic mass is 16.5. The maximum Gasteiger partial charge on any atom is 0.330 e.